The van der Waals surface area contributed by atoms with Crippen LogP contribution in [0.5, 0.6) is 5.75 Å². The van der Waals surface area contributed by atoms with E-state index in [9.17, 15) is 9.90 Å². The van der Waals surface area contributed by atoms with Crippen molar-refractivity contribution in [3.8, 4) is 5.75 Å². The molecule has 1 atom stereocenters. The number of phenols is 1. The number of aryl methyl sites for hydroxylation is 1. The van der Waals surface area contributed by atoms with E-state index in [2.05, 4.69) is 21.2 Å². The number of amides is 1. The normalized spacial score (nSPS) is 11.9. The van der Waals surface area contributed by atoms with Crippen molar-refractivity contribution in [2.75, 3.05) is 0 Å². The summed E-state index contributed by atoms with van der Waals surface area (Å²) in [6.07, 6.45) is 0.882. The number of nitrogens with one attached hydrogen (secondary N) is 1. The summed E-state index contributed by atoms with van der Waals surface area (Å²) in [6, 6.07) is 14.9. The quantitative estimate of drug-likeness (QED) is 0.859. The van der Waals surface area contributed by atoms with Gasteiger partial charge >= 0.3 is 0 Å². The minimum absolute atomic E-state index is 0.0264. The Kier molecular flexibility index (Phi) is 5.39. The van der Waals surface area contributed by atoms with Crippen LogP contribution in [0.4, 0.5) is 0 Å². The average molecular weight is 348 g/mol. The number of carbonyl (C=O) groups is 1. The molecule has 110 valence electrons. The number of phenolic OH excluding ortho intramolecular Hbond substituents is 1. The lowest BCUT2D eigenvalue weighted by Gasteiger charge is -2.16. The summed E-state index contributed by atoms with van der Waals surface area (Å²) in [6.45, 7) is 1.96. The zero-order chi connectivity index (χ0) is 15.2. The lowest BCUT2D eigenvalue weighted by atomic mass is 10.1. The van der Waals surface area contributed by atoms with Crippen LogP contribution in [0.2, 0.25) is 0 Å². The second kappa shape index (κ2) is 7.27. The Morgan fingerprint density at radius 1 is 1.19 bits per heavy atom. The van der Waals surface area contributed by atoms with Crippen LogP contribution >= 0.6 is 15.9 Å². The second-order valence-electron chi connectivity index (χ2n) is 4.94. The van der Waals surface area contributed by atoms with E-state index >= 15 is 0 Å². The fourth-order valence-corrected chi connectivity index (χ4v) is 2.82. The minimum atomic E-state index is -0.0579. The molecule has 1 amide bonds. The van der Waals surface area contributed by atoms with Gasteiger partial charge in [0, 0.05) is 10.9 Å². The van der Waals surface area contributed by atoms with Crippen LogP contribution in [0.15, 0.2) is 53.0 Å². The summed E-state index contributed by atoms with van der Waals surface area (Å²) in [5, 5.41) is 12.7. The van der Waals surface area contributed by atoms with Crippen LogP contribution in [-0.2, 0) is 11.2 Å². The highest BCUT2D eigenvalue weighted by Gasteiger charge is 2.12. The van der Waals surface area contributed by atoms with Crippen LogP contribution in [0.1, 0.15) is 30.5 Å². The van der Waals surface area contributed by atoms with Crippen molar-refractivity contribution in [2.24, 2.45) is 0 Å². The molecule has 4 heteroatoms. The first-order valence-electron chi connectivity index (χ1n) is 6.88. The lowest BCUT2D eigenvalue weighted by Crippen LogP contribution is -2.27. The summed E-state index contributed by atoms with van der Waals surface area (Å²) in [5.74, 6) is 0.214. The van der Waals surface area contributed by atoms with Gasteiger partial charge in [-0.05, 0) is 36.6 Å². The van der Waals surface area contributed by atoms with Gasteiger partial charge in [-0.2, -0.15) is 0 Å². The van der Waals surface area contributed by atoms with Crippen molar-refractivity contribution in [2.45, 2.75) is 25.8 Å². The number of hydrogen-bond donors (Lipinski definition) is 2. The summed E-state index contributed by atoms with van der Waals surface area (Å²) in [7, 11) is 0. The van der Waals surface area contributed by atoms with Gasteiger partial charge < -0.3 is 10.4 Å². The molecule has 1 unspecified atom stereocenters. The highest BCUT2D eigenvalue weighted by Crippen LogP contribution is 2.23. The second-order valence-corrected chi connectivity index (χ2v) is 5.79. The minimum Gasteiger partial charge on any atom is -0.508 e. The largest absolute Gasteiger partial charge is 0.508 e. The van der Waals surface area contributed by atoms with Gasteiger partial charge in [-0.1, -0.05) is 52.3 Å². The molecule has 2 aromatic carbocycles. The monoisotopic (exact) mass is 347 g/mol. The van der Waals surface area contributed by atoms with E-state index in [1.54, 1.807) is 12.1 Å². The third kappa shape index (κ3) is 4.33. The van der Waals surface area contributed by atoms with Crippen LogP contribution in [0.3, 0.4) is 0 Å². The van der Waals surface area contributed by atoms with Gasteiger partial charge in [-0.15, -0.1) is 0 Å². The van der Waals surface area contributed by atoms with E-state index < -0.39 is 0 Å². The fraction of sp³-hybridized carbons (Fsp3) is 0.235. The number of hydrogen-bond acceptors (Lipinski definition) is 2. The Morgan fingerprint density at radius 3 is 2.57 bits per heavy atom. The van der Waals surface area contributed by atoms with Crippen LogP contribution in [-0.4, -0.2) is 11.0 Å². The molecule has 0 saturated heterocycles. The van der Waals surface area contributed by atoms with E-state index in [1.165, 1.54) is 0 Å². The molecule has 2 N–H and O–H groups in total. The van der Waals surface area contributed by atoms with E-state index in [4.69, 9.17) is 0 Å². The Balaban J connectivity index is 1.90. The third-order valence-corrected chi connectivity index (χ3v) is 4.08. The van der Waals surface area contributed by atoms with Gasteiger partial charge in [0.15, 0.2) is 0 Å². The van der Waals surface area contributed by atoms with Gasteiger partial charge in [0.05, 0.1) is 6.04 Å². The molecule has 0 aromatic heterocycles. The molecular formula is C17H18BrNO2. The smallest absolute Gasteiger partial charge is 0.220 e. The highest BCUT2D eigenvalue weighted by atomic mass is 79.9. The van der Waals surface area contributed by atoms with Crippen LogP contribution in [0.25, 0.3) is 0 Å². The maximum Gasteiger partial charge on any atom is 0.220 e. The number of aromatic hydroxyl groups is 1. The predicted octanol–water partition coefficient (Wildman–Crippen LogP) is 3.96. The third-order valence-electron chi connectivity index (χ3n) is 3.36. The Labute approximate surface area is 133 Å². The van der Waals surface area contributed by atoms with E-state index in [0.29, 0.717) is 12.8 Å². The number of para-hydroxylation sites is 1. The van der Waals surface area contributed by atoms with Crippen molar-refractivity contribution in [1.29, 1.82) is 0 Å². The molecule has 2 aromatic rings. The van der Waals surface area contributed by atoms with E-state index in [0.717, 1.165) is 15.6 Å². The summed E-state index contributed by atoms with van der Waals surface area (Å²) in [4.78, 5) is 12.0. The van der Waals surface area contributed by atoms with E-state index in [1.807, 2.05) is 43.3 Å². The molecule has 0 aliphatic carbocycles. The maximum absolute atomic E-state index is 12.0. The fourth-order valence-electron chi connectivity index (χ4n) is 2.19. The molecular weight excluding hydrogens is 330 g/mol. The molecule has 0 saturated carbocycles. The number of benzene rings is 2. The number of halogens is 1. The zero-order valence-electron chi connectivity index (χ0n) is 11.8. The van der Waals surface area contributed by atoms with Crippen molar-refractivity contribution < 1.29 is 9.90 Å². The molecule has 0 heterocycles. The summed E-state index contributed by atoms with van der Waals surface area (Å²) in [5.41, 5.74) is 1.84. The molecule has 2 rings (SSSR count). The van der Waals surface area contributed by atoms with Gasteiger partial charge in [0.1, 0.15) is 5.75 Å². The number of carbonyl (C=O) groups excluding carboxylic acids is 1. The van der Waals surface area contributed by atoms with Crippen molar-refractivity contribution in [1.82, 2.24) is 5.32 Å². The Bertz CT molecular complexity index is 628. The molecule has 3 nitrogen and oxygen atoms in total. The van der Waals surface area contributed by atoms with Gasteiger partial charge in [-0.25, -0.2) is 0 Å². The topological polar surface area (TPSA) is 49.3 Å². The highest BCUT2D eigenvalue weighted by molar-refractivity contribution is 9.10. The van der Waals surface area contributed by atoms with Gasteiger partial charge in [0.25, 0.3) is 0 Å². The average Bonchev–Trinajstić information content (AvgIpc) is 2.46. The molecule has 0 spiro atoms. The molecule has 21 heavy (non-hydrogen) atoms. The molecule has 0 aliphatic rings. The number of rotatable bonds is 5. The van der Waals surface area contributed by atoms with Crippen molar-refractivity contribution in [3.05, 3.63) is 64.1 Å². The maximum atomic E-state index is 12.0. The molecule has 0 radical (unpaired) electrons. The predicted molar refractivity (Wildman–Crippen MR) is 87.1 cm³/mol. The molecule has 0 bridgehead atoms. The first-order valence-corrected chi connectivity index (χ1v) is 7.68. The first kappa shape index (κ1) is 15.6. The summed E-state index contributed by atoms with van der Waals surface area (Å²) < 4.78 is 0.985. The van der Waals surface area contributed by atoms with Crippen LogP contribution < -0.4 is 5.32 Å². The SMILES string of the molecule is CC(NC(=O)CCc1ccccc1O)c1ccccc1Br. The lowest BCUT2D eigenvalue weighted by molar-refractivity contribution is -0.121. The van der Waals surface area contributed by atoms with Crippen molar-refractivity contribution in [3.63, 3.8) is 0 Å². The van der Waals surface area contributed by atoms with Gasteiger partial charge in [0.2, 0.25) is 5.91 Å². The van der Waals surface area contributed by atoms with Gasteiger partial charge in [-0.3, -0.25) is 4.79 Å². The Hall–Kier alpha value is -1.81. The summed E-state index contributed by atoms with van der Waals surface area (Å²) >= 11 is 3.49. The molecule has 0 fully saturated rings. The molecule has 0 aliphatic heterocycles. The first-order chi connectivity index (χ1) is 10.1. The van der Waals surface area contributed by atoms with Crippen LogP contribution in [0, 0.1) is 0 Å². The Morgan fingerprint density at radius 2 is 1.86 bits per heavy atom. The standard InChI is InChI=1S/C17H18BrNO2/c1-12(14-7-3-4-8-15(14)18)19-17(21)11-10-13-6-2-5-9-16(13)20/h2-9,12,20H,10-11H2,1H3,(H,19,21). The zero-order valence-corrected chi connectivity index (χ0v) is 13.4. The van der Waals surface area contributed by atoms with Crippen molar-refractivity contribution >= 4 is 21.8 Å². The van der Waals surface area contributed by atoms with E-state index in [-0.39, 0.29) is 17.7 Å².